The number of nitrogens with zero attached hydrogens (tertiary/aromatic N) is 4. The Morgan fingerprint density at radius 1 is 0.765 bits per heavy atom. The lowest BCUT2D eigenvalue weighted by molar-refractivity contribution is 0.933. The highest BCUT2D eigenvalue weighted by atomic mass is 15.2. The maximum atomic E-state index is 4.35. The van der Waals surface area contributed by atoms with E-state index >= 15 is 0 Å². The summed E-state index contributed by atoms with van der Waals surface area (Å²) in [5.41, 5.74) is 1.05. The van der Waals surface area contributed by atoms with Gasteiger partial charge in [0, 0.05) is 30.4 Å². The summed E-state index contributed by atoms with van der Waals surface area (Å²) in [6.45, 7) is 0. The summed E-state index contributed by atoms with van der Waals surface area (Å²) < 4.78 is 1.87. The van der Waals surface area contributed by atoms with E-state index < -0.39 is 0 Å². The van der Waals surface area contributed by atoms with Crippen LogP contribution in [0.4, 0.5) is 0 Å². The quantitative estimate of drug-likeness (QED) is 0.668. The number of rotatable bonds is 2. The Labute approximate surface area is 98.6 Å². The molecule has 1 aromatic carbocycles. The van der Waals surface area contributed by atoms with E-state index in [1.54, 1.807) is 24.7 Å². The Morgan fingerprint density at radius 3 is 2.29 bits per heavy atom. The van der Waals surface area contributed by atoms with Gasteiger partial charge in [0.1, 0.15) is 5.82 Å². The maximum absolute atomic E-state index is 4.35. The third kappa shape index (κ3) is 1.80. The van der Waals surface area contributed by atoms with Crippen LogP contribution in [0.25, 0.3) is 17.3 Å². The van der Waals surface area contributed by atoms with Crippen LogP contribution in [0.15, 0.2) is 61.2 Å². The van der Waals surface area contributed by atoms with E-state index in [1.807, 2.05) is 41.1 Å². The molecule has 0 aliphatic rings. The maximum Gasteiger partial charge on any atom is 0.235 e. The molecule has 0 saturated carbocycles. The van der Waals surface area contributed by atoms with E-state index in [0.29, 0.717) is 5.95 Å². The van der Waals surface area contributed by atoms with E-state index in [2.05, 4.69) is 15.0 Å². The van der Waals surface area contributed by atoms with Crippen molar-refractivity contribution in [1.29, 1.82) is 0 Å². The van der Waals surface area contributed by atoms with Crippen LogP contribution in [-0.4, -0.2) is 19.5 Å². The average Bonchev–Trinajstić information content (AvgIpc) is 2.90. The lowest BCUT2D eigenvalue weighted by atomic mass is 10.2. The highest BCUT2D eigenvalue weighted by Crippen LogP contribution is 2.18. The van der Waals surface area contributed by atoms with Gasteiger partial charge in [-0.25, -0.2) is 15.0 Å². The van der Waals surface area contributed by atoms with Crippen molar-refractivity contribution >= 4 is 0 Å². The predicted octanol–water partition coefficient (Wildman–Crippen LogP) is 2.33. The fourth-order valence-electron chi connectivity index (χ4n) is 1.68. The highest BCUT2D eigenvalue weighted by Gasteiger charge is 2.08. The van der Waals surface area contributed by atoms with Gasteiger partial charge in [-0.3, -0.25) is 4.57 Å². The predicted molar refractivity (Wildman–Crippen MR) is 64.6 cm³/mol. The highest BCUT2D eigenvalue weighted by molar-refractivity contribution is 5.56. The van der Waals surface area contributed by atoms with E-state index in [0.717, 1.165) is 11.4 Å². The van der Waals surface area contributed by atoms with Gasteiger partial charge in [-0.2, -0.15) is 0 Å². The van der Waals surface area contributed by atoms with Crippen molar-refractivity contribution in [3.63, 3.8) is 0 Å². The standard InChI is InChI=1S/C13H10N4/c1-2-5-11(6-3-1)12-14-9-10-17(12)13-15-7-4-8-16-13/h1-10H. The Balaban J connectivity index is 2.13. The molecule has 82 valence electrons. The number of imidazole rings is 1. The molecular weight excluding hydrogens is 212 g/mol. The van der Waals surface area contributed by atoms with E-state index in [4.69, 9.17) is 0 Å². The molecule has 0 aliphatic carbocycles. The molecule has 0 amide bonds. The van der Waals surface area contributed by atoms with Crippen molar-refractivity contribution in [2.75, 3.05) is 0 Å². The molecule has 0 radical (unpaired) electrons. The zero-order valence-electron chi connectivity index (χ0n) is 9.06. The summed E-state index contributed by atoms with van der Waals surface area (Å²) in [6, 6.07) is 11.8. The Hall–Kier alpha value is -2.49. The molecule has 3 rings (SSSR count). The summed E-state index contributed by atoms with van der Waals surface area (Å²) in [5, 5.41) is 0. The number of hydrogen-bond acceptors (Lipinski definition) is 3. The van der Waals surface area contributed by atoms with Crippen LogP contribution in [0.2, 0.25) is 0 Å². The summed E-state index contributed by atoms with van der Waals surface area (Å²) in [6.07, 6.45) is 7.05. The van der Waals surface area contributed by atoms with Crippen LogP contribution in [0.3, 0.4) is 0 Å². The minimum atomic E-state index is 0.629. The molecule has 0 atom stereocenters. The van der Waals surface area contributed by atoms with Gasteiger partial charge in [-0.15, -0.1) is 0 Å². The lowest BCUT2D eigenvalue weighted by Crippen LogP contribution is -2.00. The molecule has 0 N–H and O–H groups in total. The zero-order valence-corrected chi connectivity index (χ0v) is 9.06. The van der Waals surface area contributed by atoms with Gasteiger partial charge in [0.25, 0.3) is 0 Å². The van der Waals surface area contributed by atoms with Crippen molar-refractivity contribution in [1.82, 2.24) is 19.5 Å². The summed E-state index contributed by atoms with van der Waals surface area (Å²) in [7, 11) is 0. The first-order chi connectivity index (χ1) is 8.45. The van der Waals surface area contributed by atoms with Gasteiger partial charge in [-0.1, -0.05) is 30.3 Å². The van der Waals surface area contributed by atoms with Gasteiger partial charge in [0.2, 0.25) is 5.95 Å². The molecule has 17 heavy (non-hydrogen) atoms. The van der Waals surface area contributed by atoms with Gasteiger partial charge in [0.15, 0.2) is 0 Å². The first-order valence-corrected chi connectivity index (χ1v) is 5.31. The smallest absolute Gasteiger partial charge is 0.235 e. The van der Waals surface area contributed by atoms with Crippen LogP contribution < -0.4 is 0 Å². The number of aromatic nitrogens is 4. The van der Waals surface area contributed by atoms with Crippen molar-refractivity contribution in [2.45, 2.75) is 0 Å². The second kappa shape index (κ2) is 4.17. The second-order valence-electron chi connectivity index (χ2n) is 3.54. The first-order valence-electron chi connectivity index (χ1n) is 5.31. The van der Waals surface area contributed by atoms with Crippen molar-refractivity contribution < 1.29 is 0 Å². The van der Waals surface area contributed by atoms with Gasteiger partial charge >= 0.3 is 0 Å². The Kier molecular flexibility index (Phi) is 2.38. The van der Waals surface area contributed by atoms with Gasteiger partial charge < -0.3 is 0 Å². The van der Waals surface area contributed by atoms with Crippen molar-refractivity contribution in [2.24, 2.45) is 0 Å². The minimum absolute atomic E-state index is 0.629. The van der Waals surface area contributed by atoms with Crippen LogP contribution in [-0.2, 0) is 0 Å². The molecule has 4 nitrogen and oxygen atoms in total. The molecule has 0 bridgehead atoms. The van der Waals surface area contributed by atoms with Crippen molar-refractivity contribution in [3.8, 4) is 17.3 Å². The average molecular weight is 222 g/mol. The largest absolute Gasteiger partial charge is 0.268 e. The van der Waals surface area contributed by atoms with Crippen LogP contribution in [0, 0.1) is 0 Å². The Bertz CT molecular complexity index is 548. The fraction of sp³-hybridized carbons (Fsp3) is 0. The molecule has 4 heteroatoms. The molecule has 0 aliphatic heterocycles. The van der Waals surface area contributed by atoms with Gasteiger partial charge in [-0.05, 0) is 6.07 Å². The zero-order chi connectivity index (χ0) is 11.5. The molecule has 2 heterocycles. The molecule has 0 spiro atoms. The summed E-state index contributed by atoms with van der Waals surface area (Å²) in [4.78, 5) is 12.8. The van der Waals surface area contributed by atoms with E-state index in [9.17, 15) is 0 Å². The molecule has 0 fully saturated rings. The molecule has 3 aromatic rings. The molecule has 0 unspecified atom stereocenters. The molecule has 0 saturated heterocycles. The summed E-state index contributed by atoms with van der Waals surface area (Å²) in [5.74, 6) is 1.47. The van der Waals surface area contributed by atoms with E-state index in [-0.39, 0.29) is 0 Å². The van der Waals surface area contributed by atoms with Crippen LogP contribution in [0.5, 0.6) is 0 Å². The SMILES string of the molecule is c1ccc(-c2nccn2-c2ncccn2)cc1. The van der Waals surface area contributed by atoms with Gasteiger partial charge in [0.05, 0.1) is 0 Å². The topological polar surface area (TPSA) is 43.6 Å². The fourth-order valence-corrected chi connectivity index (χ4v) is 1.68. The molecular formula is C13H10N4. The van der Waals surface area contributed by atoms with Crippen LogP contribution in [0.1, 0.15) is 0 Å². The number of hydrogen-bond donors (Lipinski definition) is 0. The third-order valence-corrected chi connectivity index (χ3v) is 2.44. The molecule has 2 aromatic heterocycles. The van der Waals surface area contributed by atoms with E-state index in [1.165, 1.54) is 0 Å². The van der Waals surface area contributed by atoms with Crippen LogP contribution >= 0.6 is 0 Å². The van der Waals surface area contributed by atoms with Crippen molar-refractivity contribution in [3.05, 3.63) is 61.2 Å². The normalized spacial score (nSPS) is 10.4. The first kappa shape index (κ1) is 9.72. The lowest BCUT2D eigenvalue weighted by Gasteiger charge is -2.05. The second-order valence-corrected chi connectivity index (χ2v) is 3.54. The monoisotopic (exact) mass is 222 g/mol. The third-order valence-electron chi connectivity index (χ3n) is 2.44. The number of benzene rings is 1. The summed E-state index contributed by atoms with van der Waals surface area (Å²) >= 11 is 0. The Morgan fingerprint density at radius 2 is 1.53 bits per heavy atom. The minimum Gasteiger partial charge on any atom is -0.268 e.